The monoisotopic (exact) mass is 431 g/mol. The molecule has 8 heteroatoms. The number of piperazine rings is 1. The van der Waals surface area contributed by atoms with Crippen LogP contribution in [0.2, 0.25) is 0 Å². The van der Waals surface area contributed by atoms with E-state index in [2.05, 4.69) is 16.7 Å². The summed E-state index contributed by atoms with van der Waals surface area (Å²) in [7, 11) is 0. The molecule has 4 rings (SSSR count). The highest BCUT2D eigenvalue weighted by atomic mass is 32.2. The van der Waals surface area contributed by atoms with Gasteiger partial charge in [-0.3, -0.25) is 14.6 Å². The lowest BCUT2D eigenvalue weighted by Gasteiger charge is -2.40. The molecular formula is C22H26FN3O3S. The number of halogens is 1. The Morgan fingerprint density at radius 3 is 2.23 bits per heavy atom. The first-order valence-electron chi connectivity index (χ1n) is 10.2. The van der Waals surface area contributed by atoms with Crippen molar-refractivity contribution in [1.82, 2.24) is 9.80 Å². The van der Waals surface area contributed by atoms with Gasteiger partial charge < -0.3 is 9.45 Å². The van der Waals surface area contributed by atoms with Crippen LogP contribution < -0.4 is 4.90 Å². The van der Waals surface area contributed by atoms with Gasteiger partial charge in [-0.25, -0.2) is 8.60 Å². The number of carbonyl (C=O) groups is 1. The van der Waals surface area contributed by atoms with Crippen molar-refractivity contribution < 1.29 is 17.9 Å². The van der Waals surface area contributed by atoms with Crippen molar-refractivity contribution in [3.05, 3.63) is 59.9 Å². The van der Waals surface area contributed by atoms with Crippen LogP contribution in [0.15, 0.2) is 53.4 Å². The molecule has 2 saturated heterocycles. The largest absolute Gasteiger partial charge is 0.311 e. The minimum atomic E-state index is -2.02. The van der Waals surface area contributed by atoms with Crippen LogP contribution in [0.3, 0.4) is 0 Å². The highest BCUT2D eigenvalue weighted by Gasteiger charge is 2.38. The summed E-state index contributed by atoms with van der Waals surface area (Å²) in [5, 5.41) is 0. The highest BCUT2D eigenvalue weighted by molar-refractivity contribution is 7.79. The number of hydrogen-bond acceptors (Lipinski definition) is 4. The molecule has 0 aliphatic carbocycles. The minimum Gasteiger partial charge on any atom is -0.311 e. The number of carbonyl (C=O) groups excluding carboxylic acids is 1. The molecular weight excluding hydrogens is 405 g/mol. The summed E-state index contributed by atoms with van der Waals surface area (Å²) in [6, 6.07) is 13.4. The Morgan fingerprint density at radius 2 is 1.63 bits per heavy atom. The normalized spacial score (nSPS) is 23.0. The maximum absolute atomic E-state index is 13.2. The van der Waals surface area contributed by atoms with Gasteiger partial charge in [-0.2, -0.15) is 0 Å². The molecule has 0 radical (unpaired) electrons. The van der Waals surface area contributed by atoms with Crippen LogP contribution >= 0.6 is 0 Å². The lowest BCUT2D eigenvalue weighted by atomic mass is 10.1. The first-order chi connectivity index (χ1) is 14.4. The smallest absolute Gasteiger partial charge is 0.244 e. The maximum Gasteiger partial charge on any atom is 0.244 e. The van der Waals surface area contributed by atoms with Crippen molar-refractivity contribution >= 4 is 22.7 Å². The molecule has 3 atom stereocenters. The second kappa shape index (κ2) is 8.93. The summed E-state index contributed by atoms with van der Waals surface area (Å²) in [4.78, 5) is 19.7. The lowest BCUT2D eigenvalue weighted by molar-refractivity contribution is -0.122. The quantitative estimate of drug-likeness (QED) is 0.738. The van der Waals surface area contributed by atoms with Gasteiger partial charge in [0, 0.05) is 44.5 Å². The molecule has 2 aliphatic rings. The van der Waals surface area contributed by atoms with E-state index in [9.17, 15) is 13.4 Å². The first-order valence-corrected chi connectivity index (χ1v) is 11.3. The minimum absolute atomic E-state index is 0.0907. The second-order valence-electron chi connectivity index (χ2n) is 7.84. The van der Waals surface area contributed by atoms with Gasteiger partial charge in [0.05, 0.1) is 10.9 Å². The zero-order valence-electron chi connectivity index (χ0n) is 16.9. The molecule has 6 nitrogen and oxygen atoms in total. The Balaban J connectivity index is 1.35. The van der Waals surface area contributed by atoms with E-state index in [1.165, 1.54) is 12.1 Å². The predicted molar refractivity (Wildman–Crippen MR) is 114 cm³/mol. The van der Waals surface area contributed by atoms with Crippen molar-refractivity contribution in [2.24, 2.45) is 0 Å². The molecule has 2 fully saturated rings. The van der Waals surface area contributed by atoms with E-state index in [1.54, 1.807) is 29.2 Å². The number of rotatable bonds is 5. The first kappa shape index (κ1) is 21.1. The van der Waals surface area contributed by atoms with E-state index in [1.807, 2.05) is 12.1 Å². The summed E-state index contributed by atoms with van der Waals surface area (Å²) in [5.41, 5.74) is 1.86. The van der Waals surface area contributed by atoms with Crippen molar-refractivity contribution in [2.45, 2.75) is 30.3 Å². The molecule has 160 valence electrons. The Labute approximate surface area is 178 Å². The highest BCUT2D eigenvalue weighted by Crippen LogP contribution is 2.28. The fourth-order valence-corrected chi connectivity index (χ4v) is 4.76. The maximum atomic E-state index is 13.2. The van der Waals surface area contributed by atoms with Crippen LogP contribution in [-0.4, -0.2) is 63.2 Å². The summed E-state index contributed by atoms with van der Waals surface area (Å²) in [5.74, 6) is -0.132. The van der Waals surface area contributed by atoms with Crippen molar-refractivity contribution in [3.63, 3.8) is 0 Å². The van der Waals surface area contributed by atoms with Crippen molar-refractivity contribution in [2.75, 3.05) is 37.6 Å². The molecule has 1 unspecified atom stereocenters. The van der Waals surface area contributed by atoms with Crippen LogP contribution in [0.25, 0.3) is 0 Å². The standard InChI is InChI=1S/C22H26FN3O3S/c1-16(17-2-4-18(23)5-3-17)24-12-14-25(15-13-24)21-10-11-26(22(21)27)19-6-8-20(9-7-19)30(28)29/h2-9,16,21H,10-15H2,1H3,(H,28,29)/t16-,21-/m0/s1. The molecule has 0 aromatic heterocycles. The molecule has 0 saturated carbocycles. The van der Waals surface area contributed by atoms with Gasteiger partial charge in [0.2, 0.25) is 5.91 Å². The van der Waals surface area contributed by atoms with Crippen LogP contribution in [0.1, 0.15) is 24.9 Å². The summed E-state index contributed by atoms with van der Waals surface area (Å²) in [6.07, 6.45) is 0.778. The number of anilines is 1. The van der Waals surface area contributed by atoms with Gasteiger partial charge in [0.1, 0.15) is 5.82 Å². The molecule has 0 spiro atoms. The van der Waals surface area contributed by atoms with E-state index in [0.717, 1.165) is 43.9 Å². The van der Waals surface area contributed by atoms with Crippen LogP contribution in [0.5, 0.6) is 0 Å². The molecule has 30 heavy (non-hydrogen) atoms. The molecule has 1 amide bonds. The van der Waals surface area contributed by atoms with E-state index in [0.29, 0.717) is 11.4 Å². The number of amides is 1. The van der Waals surface area contributed by atoms with Crippen LogP contribution in [0, 0.1) is 5.82 Å². The molecule has 2 heterocycles. The van der Waals surface area contributed by atoms with Crippen LogP contribution in [-0.2, 0) is 15.9 Å². The lowest BCUT2D eigenvalue weighted by Crippen LogP contribution is -2.52. The van der Waals surface area contributed by atoms with Crippen LogP contribution in [0.4, 0.5) is 10.1 Å². The third kappa shape index (κ3) is 4.32. The number of hydrogen-bond donors (Lipinski definition) is 1. The molecule has 0 bridgehead atoms. The molecule has 2 aliphatic heterocycles. The SMILES string of the molecule is C[C@@H](c1ccc(F)cc1)N1CCN([C@H]2CCN(c3ccc(S(=O)O)cc3)C2=O)CC1. The van der Waals surface area contributed by atoms with E-state index >= 15 is 0 Å². The molecule has 2 aromatic rings. The topological polar surface area (TPSA) is 64.1 Å². The predicted octanol–water partition coefficient (Wildman–Crippen LogP) is 2.89. The van der Waals surface area contributed by atoms with Gasteiger partial charge in [-0.05, 0) is 55.3 Å². The van der Waals surface area contributed by atoms with Gasteiger partial charge in [0.15, 0.2) is 11.1 Å². The van der Waals surface area contributed by atoms with Gasteiger partial charge in [-0.1, -0.05) is 12.1 Å². The van der Waals surface area contributed by atoms with E-state index < -0.39 is 11.1 Å². The Morgan fingerprint density at radius 1 is 1.00 bits per heavy atom. The number of benzene rings is 2. The summed E-state index contributed by atoms with van der Waals surface area (Å²) < 4.78 is 33.5. The zero-order chi connectivity index (χ0) is 21.3. The third-order valence-corrected chi connectivity index (χ3v) is 6.89. The second-order valence-corrected chi connectivity index (χ2v) is 8.81. The molecule has 1 N–H and O–H groups in total. The number of nitrogens with zero attached hydrogens (tertiary/aromatic N) is 3. The average molecular weight is 432 g/mol. The van der Waals surface area contributed by atoms with E-state index in [4.69, 9.17) is 4.55 Å². The fraction of sp³-hybridized carbons (Fsp3) is 0.409. The zero-order valence-corrected chi connectivity index (χ0v) is 17.7. The Kier molecular flexibility index (Phi) is 6.29. The Hall–Kier alpha value is -2.13. The fourth-order valence-electron chi connectivity index (χ4n) is 4.39. The van der Waals surface area contributed by atoms with E-state index in [-0.39, 0.29) is 23.8 Å². The summed E-state index contributed by atoms with van der Waals surface area (Å²) in [6.45, 7) is 6.14. The van der Waals surface area contributed by atoms with Gasteiger partial charge in [-0.15, -0.1) is 0 Å². The van der Waals surface area contributed by atoms with Crippen molar-refractivity contribution in [3.8, 4) is 0 Å². The average Bonchev–Trinajstić information content (AvgIpc) is 3.15. The van der Waals surface area contributed by atoms with Gasteiger partial charge in [0.25, 0.3) is 0 Å². The van der Waals surface area contributed by atoms with Gasteiger partial charge >= 0.3 is 0 Å². The molecule has 2 aromatic carbocycles. The third-order valence-electron chi connectivity index (χ3n) is 6.22. The van der Waals surface area contributed by atoms with Crippen molar-refractivity contribution in [1.29, 1.82) is 0 Å². The summed E-state index contributed by atoms with van der Waals surface area (Å²) >= 11 is -2.02. The Bertz CT molecular complexity index is 914.